The highest BCUT2D eigenvalue weighted by atomic mass is 16.7. The quantitative estimate of drug-likeness (QED) is 0.338. The smallest absolute Gasteiger partial charge is 0.155 e. The normalized spacial score (nSPS) is 21.6. The van der Waals surface area contributed by atoms with E-state index < -0.39 is 0 Å². The van der Waals surface area contributed by atoms with Crippen LogP contribution in [0.5, 0.6) is 0 Å². The van der Waals surface area contributed by atoms with Gasteiger partial charge in [-0.3, -0.25) is 0 Å². The molecule has 0 bridgehead atoms. The Kier molecular flexibility index (Phi) is 3.19. The predicted molar refractivity (Wildman–Crippen MR) is 38.4 cm³/mol. The van der Waals surface area contributed by atoms with Gasteiger partial charge in [0.1, 0.15) is 6.10 Å². The summed E-state index contributed by atoms with van der Waals surface area (Å²) in [5.74, 6) is 0. The molecular formula is C7H13NO2. The molecule has 0 radical (unpaired) electrons. The summed E-state index contributed by atoms with van der Waals surface area (Å²) in [6, 6.07) is 0. The molecule has 0 atom stereocenters. The molecule has 58 valence electrons. The van der Waals surface area contributed by atoms with Crippen LogP contribution >= 0.6 is 0 Å². The van der Waals surface area contributed by atoms with E-state index in [4.69, 9.17) is 0 Å². The van der Waals surface area contributed by atoms with Gasteiger partial charge in [0.2, 0.25) is 0 Å². The van der Waals surface area contributed by atoms with Crippen molar-refractivity contribution in [3.8, 4) is 0 Å². The Hall–Kier alpha value is -0.600. The third-order valence-electron chi connectivity index (χ3n) is 1.99. The molecule has 1 saturated carbocycles. The largest absolute Gasteiger partial charge is 0.361 e. The van der Waals surface area contributed by atoms with Crippen molar-refractivity contribution in [2.45, 2.75) is 44.6 Å². The van der Waals surface area contributed by atoms with Gasteiger partial charge in [0.25, 0.3) is 0 Å². The molecule has 0 aromatic carbocycles. The van der Waals surface area contributed by atoms with Crippen LogP contribution in [0.4, 0.5) is 0 Å². The van der Waals surface area contributed by atoms with E-state index >= 15 is 0 Å². The second-order valence-electron chi connectivity index (χ2n) is 2.79. The van der Waals surface area contributed by atoms with E-state index in [1.54, 1.807) is 0 Å². The van der Waals surface area contributed by atoms with Gasteiger partial charge in [-0.1, -0.05) is 12.8 Å². The van der Waals surface area contributed by atoms with Crippen molar-refractivity contribution in [1.29, 1.82) is 0 Å². The molecule has 0 aliphatic heterocycles. The highest BCUT2D eigenvalue weighted by Crippen LogP contribution is 2.19. The molecule has 10 heavy (non-hydrogen) atoms. The van der Waals surface area contributed by atoms with Crippen molar-refractivity contribution in [3.05, 3.63) is 4.91 Å². The van der Waals surface area contributed by atoms with Gasteiger partial charge in [0.05, 0.1) is 0 Å². The lowest BCUT2D eigenvalue weighted by atomic mass is 10.2. The highest BCUT2D eigenvalue weighted by molar-refractivity contribution is 4.62. The summed E-state index contributed by atoms with van der Waals surface area (Å²) in [5.41, 5.74) is 0. The first-order chi connectivity index (χ1) is 4.93. The molecule has 0 heterocycles. The Morgan fingerprint density at radius 1 is 1.10 bits per heavy atom. The average molecular weight is 143 g/mol. The Morgan fingerprint density at radius 2 is 1.70 bits per heavy atom. The summed E-state index contributed by atoms with van der Waals surface area (Å²) in [6.07, 6.45) is 7.04. The molecule has 1 aliphatic rings. The van der Waals surface area contributed by atoms with Gasteiger partial charge in [-0.15, -0.1) is 4.91 Å². The minimum absolute atomic E-state index is 0.111. The van der Waals surface area contributed by atoms with E-state index in [0.717, 1.165) is 12.8 Å². The lowest BCUT2D eigenvalue weighted by Crippen LogP contribution is -2.06. The lowest BCUT2D eigenvalue weighted by molar-refractivity contribution is 0.0449. The lowest BCUT2D eigenvalue weighted by Gasteiger charge is -2.07. The van der Waals surface area contributed by atoms with Crippen LogP contribution in [0, 0.1) is 4.91 Å². The second-order valence-corrected chi connectivity index (χ2v) is 2.79. The summed E-state index contributed by atoms with van der Waals surface area (Å²) in [4.78, 5) is 14.3. The van der Waals surface area contributed by atoms with Gasteiger partial charge in [-0.2, -0.15) is 0 Å². The van der Waals surface area contributed by atoms with Gasteiger partial charge in [-0.05, 0) is 25.7 Å². The van der Waals surface area contributed by atoms with Crippen LogP contribution in [0.15, 0.2) is 5.34 Å². The first-order valence-corrected chi connectivity index (χ1v) is 3.92. The van der Waals surface area contributed by atoms with Gasteiger partial charge >= 0.3 is 0 Å². The van der Waals surface area contributed by atoms with Gasteiger partial charge in [0, 0.05) is 0 Å². The Morgan fingerprint density at radius 3 is 2.20 bits per heavy atom. The molecule has 3 nitrogen and oxygen atoms in total. The number of rotatable bonds is 2. The van der Waals surface area contributed by atoms with Crippen LogP contribution in [0.2, 0.25) is 0 Å². The zero-order valence-corrected chi connectivity index (χ0v) is 6.08. The van der Waals surface area contributed by atoms with Gasteiger partial charge in [0.15, 0.2) is 5.34 Å². The molecule has 0 saturated heterocycles. The van der Waals surface area contributed by atoms with Crippen molar-refractivity contribution in [3.63, 3.8) is 0 Å². The Balaban J connectivity index is 2.21. The summed E-state index contributed by atoms with van der Waals surface area (Å²) in [5, 5.41) is 2.45. The number of hydrogen-bond donors (Lipinski definition) is 0. The molecule has 0 unspecified atom stereocenters. The molecule has 0 spiro atoms. The van der Waals surface area contributed by atoms with E-state index in [9.17, 15) is 4.91 Å². The molecule has 0 N–H and O–H groups in total. The first kappa shape index (κ1) is 7.51. The third-order valence-corrected chi connectivity index (χ3v) is 1.99. The maximum atomic E-state index is 9.71. The Labute approximate surface area is 60.7 Å². The number of nitrogens with zero attached hydrogens (tertiary/aromatic N) is 1. The topological polar surface area (TPSA) is 38.7 Å². The van der Waals surface area contributed by atoms with Crippen LogP contribution in [-0.4, -0.2) is 6.10 Å². The van der Waals surface area contributed by atoms with E-state index in [1.807, 2.05) is 0 Å². The third kappa shape index (κ3) is 2.33. The molecule has 1 aliphatic carbocycles. The van der Waals surface area contributed by atoms with E-state index in [0.29, 0.717) is 0 Å². The summed E-state index contributed by atoms with van der Waals surface area (Å²) in [6.45, 7) is 0. The predicted octanol–water partition coefficient (Wildman–Crippen LogP) is 2.41. The van der Waals surface area contributed by atoms with Crippen molar-refractivity contribution in [2.75, 3.05) is 0 Å². The summed E-state index contributed by atoms with van der Waals surface area (Å²) < 4.78 is 0. The van der Waals surface area contributed by atoms with Crippen LogP contribution in [-0.2, 0) is 4.84 Å². The monoisotopic (exact) mass is 143 g/mol. The van der Waals surface area contributed by atoms with Crippen LogP contribution in [0.3, 0.4) is 0 Å². The van der Waals surface area contributed by atoms with Crippen molar-refractivity contribution >= 4 is 0 Å². The Bertz CT molecular complexity index is 97.8. The number of hydrogen-bond acceptors (Lipinski definition) is 3. The fourth-order valence-corrected chi connectivity index (χ4v) is 1.41. The fourth-order valence-electron chi connectivity index (χ4n) is 1.41. The van der Waals surface area contributed by atoms with E-state index in [1.165, 1.54) is 25.7 Å². The molecule has 3 heteroatoms. The fraction of sp³-hybridized carbons (Fsp3) is 1.00. The summed E-state index contributed by atoms with van der Waals surface area (Å²) in [7, 11) is 0. The second kappa shape index (κ2) is 4.25. The minimum atomic E-state index is 0.111. The molecule has 0 aromatic rings. The zero-order valence-electron chi connectivity index (χ0n) is 6.08. The van der Waals surface area contributed by atoms with Crippen molar-refractivity contribution in [2.24, 2.45) is 5.34 Å². The average Bonchev–Trinajstić information content (AvgIpc) is 2.17. The zero-order chi connectivity index (χ0) is 7.23. The van der Waals surface area contributed by atoms with E-state index in [-0.39, 0.29) is 6.10 Å². The van der Waals surface area contributed by atoms with Crippen LogP contribution in [0.25, 0.3) is 0 Å². The maximum absolute atomic E-state index is 9.71. The van der Waals surface area contributed by atoms with Crippen molar-refractivity contribution in [1.82, 2.24) is 0 Å². The first-order valence-electron chi connectivity index (χ1n) is 3.92. The molecule has 0 amide bonds. The molecule has 0 aromatic heterocycles. The SMILES string of the molecule is O=NOC1CCCCCC1. The van der Waals surface area contributed by atoms with Crippen molar-refractivity contribution < 1.29 is 4.84 Å². The highest BCUT2D eigenvalue weighted by Gasteiger charge is 2.12. The van der Waals surface area contributed by atoms with Gasteiger partial charge < -0.3 is 4.84 Å². The molecule has 1 fully saturated rings. The van der Waals surface area contributed by atoms with Crippen LogP contribution in [0.1, 0.15) is 38.5 Å². The minimum Gasteiger partial charge on any atom is -0.361 e. The molecule has 1 rings (SSSR count). The van der Waals surface area contributed by atoms with E-state index in [2.05, 4.69) is 10.2 Å². The maximum Gasteiger partial charge on any atom is 0.155 e. The van der Waals surface area contributed by atoms with Crippen LogP contribution < -0.4 is 0 Å². The molecular weight excluding hydrogens is 130 g/mol. The standard InChI is InChI=1S/C7H13NO2/c9-8-10-7-5-3-1-2-4-6-7/h7H,1-6H2. The van der Waals surface area contributed by atoms with Gasteiger partial charge in [-0.25, -0.2) is 0 Å². The summed E-state index contributed by atoms with van der Waals surface area (Å²) >= 11 is 0.